The zero-order valence-corrected chi connectivity index (χ0v) is 16.3. The maximum Gasteiger partial charge on any atom is 0.274 e. The number of nitrogens with zero attached hydrogens (tertiary/aromatic N) is 2. The van der Waals surface area contributed by atoms with Crippen molar-refractivity contribution in [1.82, 2.24) is 9.97 Å². The second kappa shape index (κ2) is 9.01. The number of aryl methyl sites for hydroxylation is 1. The lowest BCUT2D eigenvalue weighted by atomic mass is 10.2. The van der Waals surface area contributed by atoms with Gasteiger partial charge in [-0.2, -0.15) is 0 Å². The van der Waals surface area contributed by atoms with Gasteiger partial charge in [-0.25, -0.2) is 14.4 Å². The van der Waals surface area contributed by atoms with E-state index in [4.69, 9.17) is 9.47 Å². The fourth-order valence-corrected chi connectivity index (χ4v) is 2.69. The number of rotatable bonds is 7. The van der Waals surface area contributed by atoms with Crippen LogP contribution in [0, 0.1) is 12.7 Å². The van der Waals surface area contributed by atoms with Crippen LogP contribution in [-0.2, 0) is 6.54 Å². The van der Waals surface area contributed by atoms with Crippen LogP contribution in [0.25, 0.3) is 0 Å². The minimum atomic E-state index is -0.423. The number of amides is 1. The number of aromatic nitrogens is 2. The summed E-state index contributed by atoms with van der Waals surface area (Å²) in [5, 5.41) is 5.80. The molecule has 2 aromatic carbocycles. The molecule has 0 fully saturated rings. The fraction of sp³-hybridized carbons (Fsp3) is 0.190. The van der Waals surface area contributed by atoms with Crippen molar-refractivity contribution >= 4 is 17.4 Å². The molecular formula is C21H21FN4O3. The number of benzene rings is 2. The van der Waals surface area contributed by atoms with Gasteiger partial charge in [0.1, 0.15) is 34.7 Å². The summed E-state index contributed by atoms with van der Waals surface area (Å²) in [6, 6.07) is 13.0. The quantitative estimate of drug-likeness (QED) is 0.632. The van der Waals surface area contributed by atoms with Gasteiger partial charge < -0.3 is 20.1 Å². The number of halogens is 1. The third kappa shape index (κ3) is 4.98. The Morgan fingerprint density at radius 1 is 1.07 bits per heavy atom. The van der Waals surface area contributed by atoms with E-state index in [1.54, 1.807) is 50.4 Å². The predicted molar refractivity (Wildman–Crippen MR) is 108 cm³/mol. The van der Waals surface area contributed by atoms with Crippen molar-refractivity contribution in [2.24, 2.45) is 0 Å². The maximum atomic E-state index is 13.8. The number of carbonyl (C=O) groups excluding carboxylic acids is 1. The van der Waals surface area contributed by atoms with E-state index in [0.717, 1.165) is 0 Å². The number of ether oxygens (including phenoxy) is 2. The molecule has 3 aromatic rings. The number of methoxy groups -OCH3 is 2. The van der Waals surface area contributed by atoms with Gasteiger partial charge >= 0.3 is 0 Å². The largest absolute Gasteiger partial charge is 0.497 e. The monoisotopic (exact) mass is 396 g/mol. The molecule has 1 aromatic heterocycles. The van der Waals surface area contributed by atoms with Crippen LogP contribution >= 0.6 is 0 Å². The van der Waals surface area contributed by atoms with Crippen LogP contribution in [-0.4, -0.2) is 30.1 Å². The molecule has 3 rings (SSSR count). The van der Waals surface area contributed by atoms with Crippen LogP contribution in [0.2, 0.25) is 0 Å². The minimum Gasteiger partial charge on any atom is -0.497 e. The summed E-state index contributed by atoms with van der Waals surface area (Å²) >= 11 is 0. The zero-order valence-electron chi connectivity index (χ0n) is 16.3. The molecule has 1 amide bonds. The molecule has 0 unspecified atom stereocenters. The van der Waals surface area contributed by atoms with Crippen LogP contribution in [0.3, 0.4) is 0 Å². The number of hydrogen-bond acceptors (Lipinski definition) is 6. The molecule has 2 N–H and O–H groups in total. The maximum absolute atomic E-state index is 13.8. The first-order chi connectivity index (χ1) is 14.0. The van der Waals surface area contributed by atoms with E-state index >= 15 is 0 Å². The summed E-state index contributed by atoms with van der Waals surface area (Å²) in [4.78, 5) is 21.1. The molecule has 0 spiro atoms. The Bertz CT molecular complexity index is 1030. The van der Waals surface area contributed by atoms with E-state index in [1.165, 1.54) is 19.2 Å². The summed E-state index contributed by atoms with van der Waals surface area (Å²) in [6.45, 7) is 1.91. The third-order valence-electron chi connectivity index (χ3n) is 4.15. The molecule has 150 valence electrons. The van der Waals surface area contributed by atoms with Crippen molar-refractivity contribution in [2.45, 2.75) is 13.5 Å². The molecule has 0 saturated carbocycles. The van der Waals surface area contributed by atoms with Crippen LogP contribution in [0.15, 0.2) is 48.5 Å². The molecule has 7 nitrogen and oxygen atoms in total. The van der Waals surface area contributed by atoms with Crippen molar-refractivity contribution < 1.29 is 18.7 Å². The van der Waals surface area contributed by atoms with E-state index in [-0.39, 0.29) is 18.1 Å². The molecule has 0 radical (unpaired) electrons. The van der Waals surface area contributed by atoms with E-state index < -0.39 is 5.91 Å². The molecule has 8 heteroatoms. The summed E-state index contributed by atoms with van der Waals surface area (Å²) in [5.41, 5.74) is 1.15. The Kier molecular flexibility index (Phi) is 6.23. The van der Waals surface area contributed by atoms with Gasteiger partial charge in [-0.3, -0.25) is 4.79 Å². The lowest BCUT2D eigenvalue weighted by Crippen LogP contribution is -2.16. The summed E-state index contributed by atoms with van der Waals surface area (Å²) in [7, 11) is 3.05. The van der Waals surface area contributed by atoms with Gasteiger partial charge in [0.2, 0.25) is 0 Å². The second-order valence-corrected chi connectivity index (χ2v) is 6.15. The molecule has 0 bridgehead atoms. The minimum absolute atomic E-state index is 0.173. The SMILES string of the molecule is COc1ccc(NC(=O)c2cc(NCc3ccccc3F)nc(C)n2)c(OC)c1. The molecule has 1 heterocycles. The topological polar surface area (TPSA) is 85.4 Å². The standard InChI is InChI=1S/C21H21FN4O3/c1-13-24-18(11-20(25-13)23-12-14-6-4-5-7-16(14)22)21(27)26-17-9-8-15(28-2)10-19(17)29-3/h4-11H,12H2,1-3H3,(H,26,27)(H,23,24,25). The first-order valence-electron chi connectivity index (χ1n) is 8.86. The van der Waals surface area contributed by atoms with Crippen LogP contribution in [0.5, 0.6) is 11.5 Å². The normalized spacial score (nSPS) is 10.3. The zero-order chi connectivity index (χ0) is 20.8. The van der Waals surface area contributed by atoms with Gasteiger partial charge in [0.05, 0.1) is 19.9 Å². The Morgan fingerprint density at radius 3 is 2.59 bits per heavy atom. The highest BCUT2D eigenvalue weighted by Crippen LogP contribution is 2.29. The molecule has 0 aliphatic carbocycles. The summed E-state index contributed by atoms with van der Waals surface area (Å²) in [5.74, 6) is 1.17. The first kappa shape index (κ1) is 20.1. The molecular weight excluding hydrogens is 375 g/mol. The number of hydrogen-bond donors (Lipinski definition) is 2. The van der Waals surface area contributed by atoms with Gasteiger partial charge in [0.15, 0.2) is 0 Å². The molecule has 0 aliphatic rings. The van der Waals surface area contributed by atoms with Gasteiger partial charge in [-0.1, -0.05) is 18.2 Å². The summed E-state index contributed by atoms with van der Waals surface area (Å²) < 4.78 is 24.2. The number of nitrogens with one attached hydrogen (secondary N) is 2. The lowest BCUT2D eigenvalue weighted by molar-refractivity contribution is 0.102. The van der Waals surface area contributed by atoms with Gasteiger partial charge in [0, 0.05) is 24.2 Å². The highest BCUT2D eigenvalue weighted by Gasteiger charge is 2.14. The van der Waals surface area contributed by atoms with E-state index in [9.17, 15) is 9.18 Å². The van der Waals surface area contributed by atoms with E-state index in [0.29, 0.717) is 34.4 Å². The summed E-state index contributed by atoms with van der Waals surface area (Å²) in [6.07, 6.45) is 0. The number of carbonyl (C=O) groups is 1. The first-order valence-corrected chi connectivity index (χ1v) is 8.86. The lowest BCUT2D eigenvalue weighted by Gasteiger charge is -2.12. The highest BCUT2D eigenvalue weighted by atomic mass is 19.1. The van der Waals surface area contributed by atoms with Gasteiger partial charge in [0.25, 0.3) is 5.91 Å². The Balaban J connectivity index is 1.77. The molecule has 29 heavy (non-hydrogen) atoms. The van der Waals surface area contributed by atoms with Gasteiger partial charge in [-0.05, 0) is 25.1 Å². The fourth-order valence-electron chi connectivity index (χ4n) is 2.69. The van der Waals surface area contributed by atoms with Gasteiger partial charge in [-0.15, -0.1) is 0 Å². The average molecular weight is 396 g/mol. The van der Waals surface area contributed by atoms with Crippen molar-refractivity contribution in [2.75, 3.05) is 24.9 Å². The van der Waals surface area contributed by atoms with Crippen LogP contribution in [0.4, 0.5) is 15.9 Å². The average Bonchev–Trinajstić information content (AvgIpc) is 2.73. The molecule has 0 saturated heterocycles. The van der Waals surface area contributed by atoms with Crippen LogP contribution < -0.4 is 20.1 Å². The smallest absolute Gasteiger partial charge is 0.274 e. The van der Waals surface area contributed by atoms with E-state index in [2.05, 4.69) is 20.6 Å². The molecule has 0 aliphatic heterocycles. The third-order valence-corrected chi connectivity index (χ3v) is 4.15. The van der Waals surface area contributed by atoms with Crippen molar-refractivity contribution in [3.8, 4) is 11.5 Å². The Labute approximate surface area is 167 Å². The number of anilines is 2. The predicted octanol–water partition coefficient (Wildman–Crippen LogP) is 3.81. The molecule has 0 atom stereocenters. The Hall–Kier alpha value is -3.68. The van der Waals surface area contributed by atoms with Crippen molar-refractivity contribution in [1.29, 1.82) is 0 Å². The second-order valence-electron chi connectivity index (χ2n) is 6.15. The van der Waals surface area contributed by atoms with Crippen molar-refractivity contribution in [3.05, 3.63) is 71.4 Å². The van der Waals surface area contributed by atoms with Crippen LogP contribution in [0.1, 0.15) is 21.9 Å². The highest BCUT2D eigenvalue weighted by molar-refractivity contribution is 6.04. The van der Waals surface area contributed by atoms with Crippen molar-refractivity contribution in [3.63, 3.8) is 0 Å². The Morgan fingerprint density at radius 2 is 1.86 bits per heavy atom. The van der Waals surface area contributed by atoms with E-state index in [1.807, 2.05) is 0 Å².